The van der Waals surface area contributed by atoms with E-state index in [2.05, 4.69) is 15.8 Å². The first kappa shape index (κ1) is 7.91. The lowest BCUT2D eigenvalue weighted by Gasteiger charge is -2.01. The molecule has 1 heterocycles. The number of alkyl halides is 2. The fraction of sp³-hybridized carbons (Fsp3) is 0.286. The summed E-state index contributed by atoms with van der Waals surface area (Å²) in [6.07, 6.45) is -1.01. The van der Waals surface area contributed by atoms with E-state index in [1.54, 1.807) is 12.1 Å². The Hall–Kier alpha value is -1.19. The van der Waals surface area contributed by atoms with Crippen LogP contribution in [0.15, 0.2) is 18.3 Å². The van der Waals surface area contributed by atoms with Gasteiger partial charge in [0.05, 0.1) is 0 Å². The maximum atomic E-state index is 11.6. The van der Waals surface area contributed by atoms with Gasteiger partial charge in [0, 0.05) is 12.3 Å². The lowest BCUT2D eigenvalue weighted by Crippen LogP contribution is -2.07. The minimum atomic E-state index is -2.47. The first-order valence-corrected chi connectivity index (χ1v) is 3.02. The van der Waals surface area contributed by atoms with Crippen LogP contribution >= 0.6 is 0 Å². The molecule has 0 saturated carbocycles. The van der Waals surface area contributed by atoms with Crippen LogP contribution in [0.5, 0.6) is 5.88 Å². The van der Waals surface area contributed by atoms with Crippen molar-refractivity contribution in [1.82, 2.24) is 4.98 Å². The van der Waals surface area contributed by atoms with E-state index < -0.39 is 13.0 Å². The Morgan fingerprint density at radius 2 is 2.45 bits per heavy atom. The van der Waals surface area contributed by atoms with Crippen LogP contribution in [0, 0.1) is 6.07 Å². The number of halogens is 2. The van der Waals surface area contributed by atoms with Crippen LogP contribution < -0.4 is 4.74 Å². The van der Waals surface area contributed by atoms with Crippen LogP contribution in [0.4, 0.5) is 8.78 Å². The van der Waals surface area contributed by atoms with Gasteiger partial charge in [-0.05, 0) is 12.1 Å². The third-order valence-electron chi connectivity index (χ3n) is 0.927. The highest BCUT2D eigenvalue weighted by molar-refractivity contribution is 5.06. The van der Waals surface area contributed by atoms with E-state index in [4.69, 9.17) is 0 Å². The third-order valence-corrected chi connectivity index (χ3v) is 0.927. The number of rotatable bonds is 3. The molecule has 0 aliphatic rings. The van der Waals surface area contributed by atoms with E-state index >= 15 is 0 Å². The van der Waals surface area contributed by atoms with Gasteiger partial charge in [0.2, 0.25) is 5.88 Å². The first-order valence-electron chi connectivity index (χ1n) is 3.02. The summed E-state index contributed by atoms with van der Waals surface area (Å²) in [7, 11) is 0. The predicted octanol–water partition coefficient (Wildman–Crippen LogP) is 1.53. The largest absolute Gasteiger partial charge is 0.471 e. The van der Waals surface area contributed by atoms with Crippen molar-refractivity contribution in [3.8, 4) is 5.88 Å². The van der Waals surface area contributed by atoms with E-state index in [0.717, 1.165) is 0 Å². The highest BCUT2D eigenvalue weighted by Gasteiger charge is 2.02. The second-order valence-electron chi connectivity index (χ2n) is 1.79. The summed E-state index contributed by atoms with van der Waals surface area (Å²) in [6, 6.07) is 5.74. The number of aromatic nitrogens is 1. The molecule has 0 aliphatic carbocycles. The first-order chi connectivity index (χ1) is 5.29. The molecule has 0 N–H and O–H groups in total. The van der Waals surface area contributed by atoms with Crippen LogP contribution in [-0.4, -0.2) is 18.0 Å². The van der Waals surface area contributed by atoms with Gasteiger partial charge >= 0.3 is 0 Å². The standard InChI is InChI=1S/C7H6F2NO/c8-6(9)5-11-7-3-1-2-4-10-7/h1-2,4,6H,5H2. The monoisotopic (exact) mass is 158 g/mol. The lowest BCUT2D eigenvalue weighted by atomic mass is 10.5. The van der Waals surface area contributed by atoms with Crippen molar-refractivity contribution in [3.63, 3.8) is 0 Å². The highest BCUT2D eigenvalue weighted by atomic mass is 19.3. The molecule has 0 spiro atoms. The van der Waals surface area contributed by atoms with E-state index in [1.807, 2.05) is 0 Å². The summed E-state index contributed by atoms with van der Waals surface area (Å²) in [5, 5.41) is 0. The summed E-state index contributed by atoms with van der Waals surface area (Å²) in [5.41, 5.74) is 0. The topological polar surface area (TPSA) is 22.1 Å². The highest BCUT2D eigenvalue weighted by Crippen LogP contribution is 2.03. The molecule has 0 unspecified atom stereocenters. The van der Waals surface area contributed by atoms with Crippen molar-refractivity contribution in [1.29, 1.82) is 0 Å². The molecule has 1 rings (SSSR count). The molecule has 1 aromatic rings. The van der Waals surface area contributed by atoms with Crippen molar-refractivity contribution in [2.24, 2.45) is 0 Å². The smallest absolute Gasteiger partial charge is 0.272 e. The van der Waals surface area contributed by atoms with Crippen LogP contribution in [0.1, 0.15) is 0 Å². The molecule has 0 bridgehead atoms. The van der Waals surface area contributed by atoms with Crippen LogP contribution in [-0.2, 0) is 0 Å². The second kappa shape index (κ2) is 3.85. The number of hydrogen-bond acceptors (Lipinski definition) is 2. The number of ether oxygens (including phenoxy) is 1. The Balaban J connectivity index is 2.39. The summed E-state index contributed by atoms with van der Waals surface area (Å²) in [4.78, 5) is 3.64. The van der Waals surface area contributed by atoms with Gasteiger partial charge in [-0.15, -0.1) is 0 Å². The maximum Gasteiger partial charge on any atom is 0.272 e. The molecule has 0 atom stereocenters. The second-order valence-corrected chi connectivity index (χ2v) is 1.79. The van der Waals surface area contributed by atoms with Gasteiger partial charge in [0.1, 0.15) is 0 Å². The Labute approximate surface area is 62.8 Å². The number of pyridine rings is 1. The van der Waals surface area contributed by atoms with E-state index in [9.17, 15) is 8.78 Å². The van der Waals surface area contributed by atoms with Gasteiger partial charge in [0.15, 0.2) is 6.61 Å². The maximum absolute atomic E-state index is 11.6. The number of hydrogen-bond donors (Lipinski definition) is 0. The van der Waals surface area contributed by atoms with Crippen molar-refractivity contribution >= 4 is 0 Å². The van der Waals surface area contributed by atoms with Crippen molar-refractivity contribution in [3.05, 3.63) is 24.4 Å². The molecule has 0 aliphatic heterocycles. The normalized spacial score (nSPS) is 10.1. The Kier molecular flexibility index (Phi) is 2.77. The van der Waals surface area contributed by atoms with Gasteiger partial charge < -0.3 is 4.74 Å². The molecule has 4 heteroatoms. The van der Waals surface area contributed by atoms with Gasteiger partial charge in [-0.1, -0.05) is 0 Å². The van der Waals surface area contributed by atoms with E-state index in [1.165, 1.54) is 6.20 Å². The fourth-order valence-electron chi connectivity index (χ4n) is 0.531. The third kappa shape index (κ3) is 2.93. The summed E-state index contributed by atoms with van der Waals surface area (Å²) >= 11 is 0. The summed E-state index contributed by atoms with van der Waals surface area (Å²) < 4.78 is 27.7. The van der Waals surface area contributed by atoms with Crippen LogP contribution in [0.2, 0.25) is 0 Å². The lowest BCUT2D eigenvalue weighted by molar-refractivity contribution is 0.0794. The molecular formula is C7H6F2NO. The molecule has 1 aromatic heterocycles. The molecule has 2 nitrogen and oxygen atoms in total. The van der Waals surface area contributed by atoms with Gasteiger partial charge in [0.25, 0.3) is 6.43 Å². The average Bonchev–Trinajstić information content (AvgIpc) is 2.03. The number of nitrogens with zero attached hydrogens (tertiary/aromatic N) is 1. The molecule has 59 valence electrons. The van der Waals surface area contributed by atoms with Gasteiger partial charge in [-0.3, -0.25) is 0 Å². The predicted molar refractivity (Wildman–Crippen MR) is 34.6 cm³/mol. The minimum absolute atomic E-state index is 0.104. The molecule has 0 saturated heterocycles. The SMILES string of the molecule is FC(F)COc1[c]cccn1. The molecule has 0 aromatic carbocycles. The molecule has 1 radical (unpaired) electrons. The molecular weight excluding hydrogens is 152 g/mol. The molecule has 0 fully saturated rings. The zero-order chi connectivity index (χ0) is 8.10. The van der Waals surface area contributed by atoms with Crippen LogP contribution in [0.25, 0.3) is 0 Å². The molecule has 11 heavy (non-hydrogen) atoms. The Morgan fingerprint density at radius 1 is 1.64 bits per heavy atom. The van der Waals surface area contributed by atoms with Crippen molar-refractivity contribution < 1.29 is 13.5 Å². The summed E-state index contributed by atoms with van der Waals surface area (Å²) in [5.74, 6) is 0.104. The zero-order valence-electron chi connectivity index (χ0n) is 5.63. The van der Waals surface area contributed by atoms with Gasteiger partial charge in [-0.2, -0.15) is 0 Å². The summed E-state index contributed by atoms with van der Waals surface area (Å²) in [6.45, 7) is -0.631. The van der Waals surface area contributed by atoms with Crippen molar-refractivity contribution in [2.45, 2.75) is 6.43 Å². The van der Waals surface area contributed by atoms with Gasteiger partial charge in [-0.25, -0.2) is 13.8 Å². The molecule has 0 amide bonds. The zero-order valence-corrected chi connectivity index (χ0v) is 5.63. The Morgan fingerprint density at radius 3 is 3.00 bits per heavy atom. The van der Waals surface area contributed by atoms with E-state index in [-0.39, 0.29) is 5.88 Å². The fourth-order valence-corrected chi connectivity index (χ4v) is 0.531. The minimum Gasteiger partial charge on any atom is -0.471 e. The average molecular weight is 158 g/mol. The van der Waals surface area contributed by atoms with Crippen LogP contribution in [0.3, 0.4) is 0 Å². The quantitative estimate of drug-likeness (QED) is 0.665. The van der Waals surface area contributed by atoms with E-state index in [0.29, 0.717) is 0 Å². The van der Waals surface area contributed by atoms with Crippen molar-refractivity contribution in [2.75, 3.05) is 6.61 Å². The Bertz CT molecular complexity index is 203.